The first-order valence-corrected chi connectivity index (χ1v) is 18.3. The Labute approximate surface area is 319 Å². The summed E-state index contributed by atoms with van der Waals surface area (Å²) in [5.74, 6) is -1.65. The van der Waals surface area contributed by atoms with Crippen molar-refractivity contribution in [2.45, 2.75) is 45.3 Å². The van der Waals surface area contributed by atoms with E-state index in [-0.39, 0.29) is 55.4 Å². The van der Waals surface area contributed by atoms with E-state index in [2.05, 4.69) is 29.7 Å². The smallest absolute Gasteiger partial charge is 0.264 e. The molecular formula is C43H44N4O8. The monoisotopic (exact) mass is 744 g/mol. The standard InChI is InChI=1S/C43H44N4O8/c1-4-33(28-9-6-5-7-10-28)38(29-13-17-31(48)18-14-29)30-15-19-32(20-16-30)55-26-24-46(3)41(51)27(2)54-25-23-44-35-12-8-11-34-39(35)43(53)47(42(34)52)36-21-22-37(49)45-40(36)50/h5-20,27,36,44,48H,4,21-26H2,1-3H3,(H,45,49,50)/b38-33-. The number of imide groups is 2. The number of nitrogens with zero attached hydrogens (tertiary/aromatic N) is 2. The van der Waals surface area contributed by atoms with Gasteiger partial charge in [-0.05, 0) is 84.0 Å². The zero-order valence-corrected chi connectivity index (χ0v) is 31.0. The highest BCUT2D eigenvalue weighted by molar-refractivity contribution is 6.25. The number of piperidine rings is 1. The van der Waals surface area contributed by atoms with Gasteiger partial charge in [-0.3, -0.25) is 34.2 Å². The van der Waals surface area contributed by atoms with Gasteiger partial charge in [0.2, 0.25) is 11.8 Å². The van der Waals surface area contributed by atoms with E-state index >= 15 is 0 Å². The maximum atomic E-state index is 13.3. The van der Waals surface area contributed by atoms with Gasteiger partial charge >= 0.3 is 0 Å². The molecule has 2 atom stereocenters. The Balaban J connectivity index is 0.993. The Morgan fingerprint density at radius 3 is 2.25 bits per heavy atom. The van der Waals surface area contributed by atoms with Crippen LogP contribution in [0.5, 0.6) is 11.5 Å². The number of allylic oxidation sites excluding steroid dienone is 1. The molecule has 5 amide bonds. The van der Waals surface area contributed by atoms with Crippen molar-refractivity contribution in [1.82, 2.24) is 15.1 Å². The largest absolute Gasteiger partial charge is 0.508 e. The molecule has 2 heterocycles. The Hall–Kier alpha value is -6.27. The lowest BCUT2D eigenvalue weighted by molar-refractivity contribution is -0.141. The first-order valence-electron chi connectivity index (χ1n) is 18.3. The van der Waals surface area contributed by atoms with Crippen molar-refractivity contribution in [3.8, 4) is 11.5 Å². The Kier molecular flexibility index (Phi) is 12.1. The fourth-order valence-electron chi connectivity index (χ4n) is 6.90. The van der Waals surface area contributed by atoms with Crippen LogP contribution >= 0.6 is 0 Å². The highest BCUT2D eigenvalue weighted by Gasteiger charge is 2.45. The zero-order chi connectivity index (χ0) is 39.1. The lowest BCUT2D eigenvalue weighted by Crippen LogP contribution is -2.54. The maximum Gasteiger partial charge on any atom is 0.264 e. The summed E-state index contributed by atoms with van der Waals surface area (Å²) in [4.78, 5) is 66.0. The molecule has 4 aromatic rings. The SMILES string of the molecule is CC/C(=C(\c1ccc(O)cc1)c1ccc(OCCN(C)C(=O)C(C)OCCNc2cccc3c2C(=O)N(C2CCC(=O)NC2=O)C3=O)cc1)c1ccccc1. The molecule has 1 saturated heterocycles. The molecule has 12 nitrogen and oxygen atoms in total. The normalized spacial score (nSPS) is 16.3. The number of likely N-dealkylation sites (N-methyl/N-ethyl adjacent to an activating group) is 1. The predicted molar refractivity (Wildman–Crippen MR) is 207 cm³/mol. The third-order valence-corrected chi connectivity index (χ3v) is 9.75. The number of nitrogens with one attached hydrogen (secondary N) is 2. The molecule has 12 heteroatoms. The number of carbonyl (C=O) groups excluding carboxylic acids is 5. The highest BCUT2D eigenvalue weighted by Crippen LogP contribution is 2.36. The summed E-state index contributed by atoms with van der Waals surface area (Å²) >= 11 is 0. The van der Waals surface area contributed by atoms with Gasteiger partial charge in [0.1, 0.15) is 30.3 Å². The van der Waals surface area contributed by atoms with Crippen LogP contribution in [0.1, 0.15) is 70.5 Å². The molecule has 0 saturated carbocycles. The first kappa shape index (κ1) is 38.5. The molecule has 55 heavy (non-hydrogen) atoms. The molecule has 1 fully saturated rings. The number of anilines is 1. The molecular weight excluding hydrogens is 700 g/mol. The van der Waals surface area contributed by atoms with Gasteiger partial charge in [-0.25, -0.2) is 0 Å². The average Bonchev–Trinajstić information content (AvgIpc) is 3.45. The molecule has 2 unspecified atom stereocenters. The van der Waals surface area contributed by atoms with Crippen molar-refractivity contribution in [3.63, 3.8) is 0 Å². The van der Waals surface area contributed by atoms with E-state index < -0.39 is 35.8 Å². The van der Waals surface area contributed by atoms with E-state index in [9.17, 15) is 29.1 Å². The minimum absolute atomic E-state index is 0.0391. The number of hydrogen-bond donors (Lipinski definition) is 3. The maximum absolute atomic E-state index is 13.3. The Bertz CT molecular complexity index is 2100. The average molecular weight is 745 g/mol. The first-order chi connectivity index (χ1) is 26.6. The van der Waals surface area contributed by atoms with Crippen molar-refractivity contribution in [2.24, 2.45) is 0 Å². The number of hydrogen-bond acceptors (Lipinski definition) is 9. The second-order valence-electron chi connectivity index (χ2n) is 13.4. The molecule has 4 aromatic carbocycles. The third-order valence-electron chi connectivity index (χ3n) is 9.75. The van der Waals surface area contributed by atoms with Crippen LogP contribution in [0.25, 0.3) is 11.1 Å². The van der Waals surface area contributed by atoms with Gasteiger partial charge in [0.15, 0.2) is 0 Å². The second-order valence-corrected chi connectivity index (χ2v) is 13.4. The lowest BCUT2D eigenvalue weighted by Gasteiger charge is -2.27. The summed E-state index contributed by atoms with van der Waals surface area (Å²) in [7, 11) is 1.68. The van der Waals surface area contributed by atoms with Crippen molar-refractivity contribution in [3.05, 3.63) is 125 Å². The molecule has 0 aliphatic carbocycles. The van der Waals surface area contributed by atoms with Crippen molar-refractivity contribution < 1.29 is 38.6 Å². The summed E-state index contributed by atoms with van der Waals surface area (Å²) < 4.78 is 11.8. The van der Waals surface area contributed by atoms with E-state index in [0.29, 0.717) is 18.0 Å². The quantitative estimate of drug-likeness (QED) is 0.0812. The summed E-state index contributed by atoms with van der Waals surface area (Å²) in [5, 5.41) is 15.2. The van der Waals surface area contributed by atoms with Crippen LogP contribution in [0.15, 0.2) is 97.1 Å². The fraction of sp³-hybridized carbons (Fsp3) is 0.279. The number of aromatic hydroxyl groups is 1. The minimum Gasteiger partial charge on any atom is -0.508 e. The lowest BCUT2D eigenvalue weighted by atomic mass is 9.88. The van der Waals surface area contributed by atoms with Crippen molar-refractivity contribution in [1.29, 1.82) is 0 Å². The molecule has 2 aliphatic heterocycles. The molecule has 6 rings (SSSR count). The van der Waals surface area contributed by atoms with Crippen LogP contribution in [0, 0.1) is 0 Å². The Morgan fingerprint density at radius 2 is 1.58 bits per heavy atom. The number of fused-ring (bicyclic) bond motifs is 1. The molecule has 0 spiro atoms. The third kappa shape index (κ3) is 8.60. The number of amides is 5. The molecule has 0 radical (unpaired) electrons. The van der Waals surface area contributed by atoms with E-state index in [0.717, 1.165) is 33.6 Å². The van der Waals surface area contributed by atoms with Crippen LogP contribution in [0.2, 0.25) is 0 Å². The summed E-state index contributed by atoms with van der Waals surface area (Å²) in [6.45, 7) is 4.77. The summed E-state index contributed by atoms with van der Waals surface area (Å²) in [6, 6.07) is 29.1. The highest BCUT2D eigenvalue weighted by atomic mass is 16.5. The van der Waals surface area contributed by atoms with Crippen LogP contribution in [-0.2, 0) is 19.1 Å². The van der Waals surface area contributed by atoms with Gasteiger partial charge in [0, 0.05) is 25.7 Å². The molecule has 0 bridgehead atoms. The predicted octanol–water partition coefficient (Wildman–Crippen LogP) is 5.52. The number of phenolic OH excluding ortho intramolecular Hbond substituents is 1. The minimum atomic E-state index is -1.05. The van der Waals surface area contributed by atoms with Crippen LogP contribution < -0.4 is 15.4 Å². The molecule has 3 N–H and O–H groups in total. The van der Waals surface area contributed by atoms with Gasteiger partial charge < -0.3 is 24.8 Å². The van der Waals surface area contributed by atoms with E-state index in [4.69, 9.17) is 9.47 Å². The number of benzene rings is 4. The van der Waals surface area contributed by atoms with Gasteiger partial charge in [-0.1, -0.05) is 67.6 Å². The Morgan fingerprint density at radius 1 is 0.891 bits per heavy atom. The van der Waals surface area contributed by atoms with Crippen LogP contribution in [0.3, 0.4) is 0 Å². The number of ether oxygens (including phenoxy) is 2. The molecule has 0 aromatic heterocycles. The van der Waals surface area contributed by atoms with Crippen LogP contribution in [0.4, 0.5) is 5.69 Å². The molecule has 2 aliphatic rings. The number of rotatable bonds is 15. The van der Waals surface area contributed by atoms with E-state index in [1.165, 1.54) is 11.6 Å². The number of carbonyl (C=O) groups is 5. The number of phenols is 1. The van der Waals surface area contributed by atoms with Crippen LogP contribution in [-0.4, -0.2) is 89.9 Å². The summed E-state index contributed by atoms with van der Waals surface area (Å²) in [6.07, 6.45) is 0.171. The fourth-order valence-corrected chi connectivity index (χ4v) is 6.90. The topological polar surface area (TPSA) is 155 Å². The summed E-state index contributed by atoms with van der Waals surface area (Å²) in [5.41, 5.74) is 6.12. The van der Waals surface area contributed by atoms with Gasteiger partial charge in [-0.2, -0.15) is 0 Å². The van der Waals surface area contributed by atoms with Gasteiger partial charge in [-0.15, -0.1) is 0 Å². The zero-order valence-electron chi connectivity index (χ0n) is 31.0. The van der Waals surface area contributed by atoms with Crippen molar-refractivity contribution in [2.75, 3.05) is 38.7 Å². The van der Waals surface area contributed by atoms with E-state index in [1.807, 2.05) is 54.6 Å². The van der Waals surface area contributed by atoms with Crippen molar-refractivity contribution >= 4 is 46.4 Å². The van der Waals surface area contributed by atoms with E-state index in [1.54, 1.807) is 43.1 Å². The molecule has 284 valence electrons. The second kappa shape index (κ2) is 17.3. The van der Waals surface area contributed by atoms with Gasteiger partial charge in [0.05, 0.1) is 24.3 Å². The van der Waals surface area contributed by atoms with Gasteiger partial charge in [0.25, 0.3) is 17.7 Å².